The van der Waals surface area contributed by atoms with Crippen LogP contribution < -0.4 is 0 Å². The molecule has 0 unspecified atom stereocenters. The quantitative estimate of drug-likeness (QED) is 0.811. The van der Waals surface area contributed by atoms with Crippen molar-refractivity contribution in [1.82, 2.24) is 9.97 Å². The number of aromatic amines is 1. The van der Waals surface area contributed by atoms with E-state index >= 15 is 0 Å². The first-order valence-corrected chi connectivity index (χ1v) is 5.46. The monoisotopic (exact) mass is 212 g/mol. The highest BCUT2D eigenvalue weighted by Crippen LogP contribution is 2.25. The van der Waals surface area contributed by atoms with Gasteiger partial charge in [-0.05, 0) is 37.5 Å². The van der Waals surface area contributed by atoms with Gasteiger partial charge in [0.25, 0.3) is 0 Å². The van der Waals surface area contributed by atoms with E-state index in [9.17, 15) is 0 Å². The standard InChI is InChI=1S/C14H16N2/c1-4-12(14-15-8-9-16-14)13-7-5-6-10(2)11(13)3/h4-9H,1-3H3,(H,15,16). The third-order valence-electron chi connectivity index (χ3n) is 2.94. The zero-order valence-electron chi connectivity index (χ0n) is 9.91. The van der Waals surface area contributed by atoms with Gasteiger partial charge in [-0.3, -0.25) is 0 Å². The van der Waals surface area contributed by atoms with Crippen LogP contribution in [0.2, 0.25) is 0 Å². The van der Waals surface area contributed by atoms with Crippen molar-refractivity contribution in [1.29, 1.82) is 0 Å². The zero-order chi connectivity index (χ0) is 11.5. The highest BCUT2D eigenvalue weighted by atomic mass is 14.9. The van der Waals surface area contributed by atoms with Gasteiger partial charge in [-0.2, -0.15) is 0 Å². The van der Waals surface area contributed by atoms with Gasteiger partial charge in [0.15, 0.2) is 0 Å². The van der Waals surface area contributed by atoms with Crippen molar-refractivity contribution in [3.8, 4) is 0 Å². The fraction of sp³-hybridized carbons (Fsp3) is 0.214. The SMILES string of the molecule is CC=C(c1ncc[nH]1)c1cccc(C)c1C. The lowest BCUT2D eigenvalue weighted by Crippen LogP contribution is -1.95. The number of aryl methyl sites for hydroxylation is 1. The molecule has 0 aliphatic carbocycles. The molecule has 2 heteroatoms. The van der Waals surface area contributed by atoms with E-state index in [2.05, 4.69) is 48.1 Å². The molecule has 1 aromatic carbocycles. The molecule has 82 valence electrons. The van der Waals surface area contributed by atoms with Crippen LogP contribution in [-0.4, -0.2) is 9.97 Å². The Hall–Kier alpha value is -1.83. The highest BCUT2D eigenvalue weighted by molar-refractivity contribution is 5.78. The van der Waals surface area contributed by atoms with Gasteiger partial charge < -0.3 is 4.98 Å². The molecule has 0 radical (unpaired) electrons. The molecule has 0 saturated carbocycles. The summed E-state index contributed by atoms with van der Waals surface area (Å²) in [6, 6.07) is 6.36. The molecule has 0 atom stereocenters. The molecule has 0 saturated heterocycles. The van der Waals surface area contributed by atoms with Crippen molar-refractivity contribution in [2.75, 3.05) is 0 Å². The van der Waals surface area contributed by atoms with Crippen LogP contribution in [0.5, 0.6) is 0 Å². The molecular formula is C14H16N2. The predicted octanol–water partition coefficient (Wildman–Crippen LogP) is 3.48. The lowest BCUT2D eigenvalue weighted by atomic mass is 9.96. The molecule has 1 N–H and O–H groups in total. The van der Waals surface area contributed by atoms with E-state index < -0.39 is 0 Å². The summed E-state index contributed by atoms with van der Waals surface area (Å²) in [6.45, 7) is 6.32. The first kappa shape index (κ1) is 10.7. The molecule has 0 bridgehead atoms. The molecule has 0 spiro atoms. The smallest absolute Gasteiger partial charge is 0.137 e. The second kappa shape index (κ2) is 4.35. The fourth-order valence-corrected chi connectivity index (χ4v) is 1.88. The van der Waals surface area contributed by atoms with Gasteiger partial charge in [0.1, 0.15) is 5.82 Å². The second-order valence-corrected chi connectivity index (χ2v) is 3.89. The van der Waals surface area contributed by atoms with Crippen molar-refractivity contribution < 1.29 is 0 Å². The number of H-pyrrole nitrogens is 1. The van der Waals surface area contributed by atoms with Crippen LogP contribution in [0, 0.1) is 13.8 Å². The molecule has 1 aromatic heterocycles. The molecule has 0 amide bonds. The van der Waals surface area contributed by atoms with Gasteiger partial charge in [0, 0.05) is 18.0 Å². The maximum Gasteiger partial charge on any atom is 0.137 e. The van der Waals surface area contributed by atoms with Crippen LogP contribution in [0.4, 0.5) is 0 Å². The Morgan fingerprint density at radius 2 is 2.12 bits per heavy atom. The van der Waals surface area contributed by atoms with Gasteiger partial charge in [0.2, 0.25) is 0 Å². The Kier molecular flexibility index (Phi) is 2.91. The third kappa shape index (κ3) is 1.78. The van der Waals surface area contributed by atoms with Crippen LogP contribution >= 0.6 is 0 Å². The Bertz CT molecular complexity index is 508. The van der Waals surface area contributed by atoms with Crippen LogP contribution in [-0.2, 0) is 0 Å². The summed E-state index contributed by atoms with van der Waals surface area (Å²) >= 11 is 0. The van der Waals surface area contributed by atoms with E-state index in [0.29, 0.717) is 0 Å². The zero-order valence-corrected chi connectivity index (χ0v) is 9.91. The summed E-state index contributed by atoms with van der Waals surface area (Å²) in [4.78, 5) is 7.46. The molecule has 0 aliphatic rings. The number of aromatic nitrogens is 2. The summed E-state index contributed by atoms with van der Waals surface area (Å²) in [7, 11) is 0. The first-order valence-electron chi connectivity index (χ1n) is 5.46. The minimum Gasteiger partial charge on any atom is -0.345 e. The number of imidazole rings is 1. The summed E-state index contributed by atoms with van der Waals surface area (Å²) in [5.74, 6) is 0.927. The van der Waals surface area contributed by atoms with E-state index in [1.54, 1.807) is 6.20 Å². The molecule has 16 heavy (non-hydrogen) atoms. The Morgan fingerprint density at radius 3 is 2.75 bits per heavy atom. The van der Waals surface area contributed by atoms with E-state index in [-0.39, 0.29) is 0 Å². The normalized spacial score (nSPS) is 11.8. The predicted molar refractivity (Wildman–Crippen MR) is 67.3 cm³/mol. The van der Waals surface area contributed by atoms with Crippen molar-refractivity contribution in [2.45, 2.75) is 20.8 Å². The average molecular weight is 212 g/mol. The van der Waals surface area contributed by atoms with Crippen molar-refractivity contribution in [3.63, 3.8) is 0 Å². The third-order valence-corrected chi connectivity index (χ3v) is 2.94. The molecular weight excluding hydrogens is 196 g/mol. The van der Waals surface area contributed by atoms with Crippen LogP contribution in [0.1, 0.15) is 29.4 Å². The molecule has 2 nitrogen and oxygen atoms in total. The number of rotatable bonds is 2. The number of nitrogens with one attached hydrogen (secondary N) is 1. The number of hydrogen-bond acceptors (Lipinski definition) is 1. The molecule has 0 fully saturated rings. The summed E-state index contributed by atoms with van der Waals surface area (Å²) in [6.07, 6.45) is 5.73. The van der Waals surface area contributed by atoms with Crippen LogP contribution in [0.3, 0.4) is 0 Å². The summed E-state index contributed by atoms with van der Waals surface area (Å²) in [5.41, 5.74) is 5.03. The Morgan fingerprint density at radius 1 is 1.31 bits per heavy atom. The maximum atomic E-state index is 4.31. The van der Waals surface area contributed by atoms with Gasteiger partial charge in [0.05, 0.1) is 0 Å². The topological polar surface area (TPSA) is 28.7 Å². The van der Waals surface area contributed by atoms with Gasteiger partial charge in [-0.25, -0.2) is 4.98 Å². The van der Waals surface area contributed by atoms with Crippen molar-refractivity contribution in [2.24, 2.45) is 0 Å². The van der Waals surface area contributed by atoms with Crippen LogP contribution in [0.25, 0.3) is 5.57 Å². The number of benzene rings is 1. The van der Waals surface area contributed by atoms with Gasteiger partial charge >= 0.3 is 0 Å². The molecule has 1 heterocycles. The van der Waals surface area contributed by atoms with E-state index in [1.165, 1.54) is 16.7 Å². The largest absolute Gasteiger partial charge is 0.345 e. The molecule has 0 aliphatic heterocycles. The fourth-order valence-electron chi connectivity index (χ4n) is 1.88. The maximum absolute atomic E-state index is 4.31. The lowest BCUT2D eigenvalue weighted by molar-refractivity contribution is 1.22. The van der Waals surface area contributed by atoms with Crippen molar-refractivity contribution in [3.05, 3.63) is 59.2 Å². The van der Waals surface area contributed by atoms with Crippen LogP contribution in [0.15, 0.2) is 36.7 Å². The lowest BCUT2D eigenvalue weighted by Gasteiger charge is -2.10. The van der Waals surface area contributed by atoms with Gasteiger partial charge in [-0.15, -0.1) is 0 Å². The van der Waals surface area contributed by atoms with E-state index in [4.69, 9.17) is 0 Å². The number of allylic oxidation sites excluding steroid dienone is 1. The summed E-state index contributed by atoms with van der Waals surface area (Å²) in [5, 5.41) is 0. The Balaban J connectivity index is 2.55. The van der Waals surface area contributed by atoms with E-state index in [0.717, 1.165) is 11.4 Å². The molecule has 2 rings (SSSR count). The Labute approximate surface area is 96.1 Å². The average Bonchev–Trinajstić information content (AvgIpc) is 2.79. The first-order chi connectivity index (χ1) is 7.74. The number of hydrogen-bond donors (Lipinski definition) is 1. The minimum atomic E-state index is 0.927. The van der Waals surface area contributed by atoms with Crippen molar-refractivity contribution >= 4 is 5.57 Å². The number of nitrogens with zero attached hydrogens (tertiary/aromatic N) is 1. The van der Waals surface area contributed by atoms with Gasteiger partial charge in [-0.1, -0.05) is 24.3 Å². The summed E-state index contributed by atoms with van der Waals surface area (Å²) < 4.78 is 0. The highest BCUT2D eigenvalue weighted by Gasteiger charge is 2.09. The minimum absolute atomic E-state index is 0.927. The van der Waals surface area contributed by atoms with E-state index in [1.807, 2.05) is 13.1 Å². The molecule has 2 aromatic rings. The second-order valence-electron chi connectivity index (χ2n) is 3.89.